The van der Waals surface area contributed by atoms with E-state index < -0.39 is 0 Å². The van der Waals surface area contributed by atoms with Gasteiger partial charge >= 0.3 is 0 Å². The molecule has 1 heterocycles. The van der Waals surface area contributed by atoms with Crippen LogP contribution >= 0.6 is 23.4 Å². The van der Waals surface area contributed by atoms with Crippen LogP contribution in [0.5, 0.6) is 5.75 Å². The number of ether oxygens (including phenoxy) is 1. The van der Waals surface area contributed by atoms with Gasteiger partial charge in [-0.3, -0.25) is 9.59 Å². The lowest BCUT2D eigenvalue weighted by Gasteiger charge is -2.09. The Balaban J connectivity index is 1.38. The normalized spacial score (nSPS) is 15.5. The first kappa shape index (κ1) is 22.6. The van der Waals surface area contributed by atoms with Crippen LogP contribution < -0.4 is 15.4 Å². The average molecular weight is 478 g/mol. The van der Waals surface area contributed by atoms with Crippen LogP contribution in [0.2, 0.25) is 5.02 Å². The smallest absolute Gasteiger partial charge is 0.264 e. The largest absolute Gasteiger partial charge is 0.484 e. The quantitative estimate of drug-likeness (QED) is 0.456. The number of nitrogens with one attached hydrogen (secondary N) is 2. The van der Waals surface area contributed by atoms with Gasteiger partial charge in [0.25, 0.3) is 11.8 Å². The van der Waals surface area contributed by atoms with Gasteiger partial charge in [-0.05, 0) is 72.3 Å². The molecule has 0 aromatic heterocycles. The molecule has 0 atom stereocenters. The number of nitrogens with zero attached hydrogens (tertiary/aromatic N) is 1. The van der Waals surface area contributed by atoms with Crippen LogP contribution in [0.1, 0.15) is 11.1 Å². The predicted molar refractivity (Wildman–Crippen MR) is 134 cm³/mol. The molecule has 33 heavy (non-hydrogen) atoms. The van der Waals surface area contributed by atoms with E-state index in [1.807, 2.05) is 49.4 Å². The van der Waals surface area contributed by atoms with Crippen molar-refractivity contribution in [3.63, 3.8) is 0 Å². The van der Waals surface area contributed by atoms with E-state index in [0.717, 1.165) is 16.8 Å². The summed E-state index contributed by atoms with van der Waals surface area (Å²) < 4.78 is 5.62. The lowest BCUT2D eigenvalue weighted by molar-refractivity contribution is -0.118. The first-order valence-corrected chi connectivity index (χ1v) is 11.3. The summed E-state index contributed by atoms with van der Waals surface area (Å²) in [5, 5.41) is 6.63. The van der Waals surface area contributed by atoms with E-state index in [1.165, 1.54) is 11.8 Å². The molecule has 1 aliphatic rings. The van der Waals surface area contributed by atoms with E-state index >= 15 is 0 Å². The molecule has 0 spiro atoms. The summed E-state index contributed by atoms with van der Waals surface area (Å²) in [5.74, 6) is 0.00586. The lowest BCUT2D eigenvalue weighted by Crippen LogP contribution is -2.20. The zero-order valence-electron chi connectivity index (χ0n) is 17.7. The van der Waals surface area contributed by atoms with Crippen molar-refractivity contribution < 1.29 is 14.3 Å². The summed E-state index contributed by atoms with van der Waals surface area (Å²) in [6, 6.07) is 21.9. The standard InChI is InChI=1S/C25H20ClN3O3S/c1-16-10-11-19(14-21(16)26)27-23(30)15-32-20-9-5-6-17(12-20)13-22-24(31)29-25(33-22)28-18-7-3-2-4-8-18/h2-14H,15H2,1H3,(H,27,30)(H,28,29,31)/b22-13-. The second-order valence-corrected chi connectivity index (χ2v) is 8.63. The molecule has 2 amide bonds. The molecule has 8 heteroatoms. The molecular formula is C25H20ClN3O3S. The maximum atomic E-state index is 12.3. The second-order valence-electron chi connectivity index (χ2n) is 7.19. The highest BCUT2D eigenvalue weighted by Crippen LogP contribution is 2.28. The number of benzene rings is 3. The van der Waals surface area contributed by atoms with Crippen LogP contribution in [0, 0.1) is 6.92 Å². The molecule has 0 aliphatic carbocycles. The van der Waals surface area contributed by atoms with Crippen LogP contribution in [0.25, 0.3) is 6.08 Å². The average Bonchev–Trinajstić information content (AvgIpc) is 3.14. The summed E-state index contributed by atoms with van der Waals surface area (Å²) in [6.45, 7) is 1.73. The van der Waals surface area contributed by atoms with Gasteiger partial charge in [0.15, 0.2) is 11.8 Å². The van der Waals surface area contributed by atoms with Gasteiger partial charge < -0.3 is 15.4 Å². The minimum atomic E-state index is -0.300. The number of anilines is 1. The number of para-hydroxylation sites is 1. The molecule has 0 saturated carbocycles. The number of amidine groups is 1. The zero-order valence-corrected chi connectivity index (χ0v) is 19.2. The summed E-state index contributed by atoms with van der Waals surface area (Å²) in [7, 11) is 0. The van der Waals surface area contributed by atoms with E-state index in [-0.39, 0.29) is 18.4 Å². The van der Waals surface area contributed by atoms with Gasteiger partial charge in [-0.2, -0.15) is 0 Å². The molecule has 3 aromatic rings. The first-order valence-electron chi connectivity index (χ1n) is 10.1. The minimum Gasteiger partial charge on any atom is -0.484 e. The van der Waals surface area contributed by atoms with Crippen molar-refractivity contribution in [2.24, 2.45) is 4.99 Å². The number of thioether (sulfide) groups is 1. The number of carbonyl (C=O) groups excluding carboxylic acids is 2. The molecule has 0 bridgehead atoms. The predicted octanol–water partition coefficient (Wildman–Crippen LogP) is 5.56. The third kappa shape index (κ3) is 6.25. The molecule has 2 N–H and O–H groups in total. The van der Waals surface area contributed by atoms with Crippen LogP contribution in [0.3, 0.4) is 0 Å². The van der Waals surface area contributed by atoms with Crippen molar-refractivity contribution >= 4 is 57.8 Å². The van der Waals surface area contributed by atoms with E-state index in [9.17, 15) is 9.59 Å². The molecule has 0 radical (unpaired) electrons. The third-order valence-corrected chi connectivity index (χ3v) is 5.94. The van der Waals surface area contributed by atoms with Gasteiger partial charge in [0.2, 0.25) is 0 Å². The summed E-state index contributed by atoms with van der Waals surface area (Å²) in [4.78, 5) is 29.5. The number of aryl methyl sites for hydroxylation is 1. The SMILES string of the molecule is Cc1ccc(NC(=O)COc2cccc(/C=C3\SC(=Nc4ccccc4)NC3=O)c2)cc1Cl. The summed E-state index contributed by atoms with van der Waals surface area (Å²) in [5.41, 5.74) is 3.08. The Bertz CT molecular complexity index is 1260. The highest BCUT2D eigenvalue weighted by atomic mass is 35.5. The summed E-state index contributed by atoms with van der Waals surface area (Å²) >= 11 is 7.36. The first-order chi connectivity index (χ1) is 16.0. The Morgan fingerprint density at radius 3 is 2.73 bits per heavy atom. The van der Waals surface area contributed by atoms with E-state index in [2.05, 4.69) is 15.6 Å². The van der Waals surface area contributed by atoms with Crippen LogP contribution in [0.15, 0.2) is 82.7 Å². The molecule has 0 unspecified atom stereocenters. The summed E-state index contributed by atoms with van der Waals surface area (Å²) in [6.07, 6.45) is 1.76. The molecule has 166 valence electrons. The Hall–Kier alpha value is -3.55. The van der Waals surface area contributed by atoms with E-state index in [4.69, 9.17) is 16.3 Å². The molecule has 1 saturated heterocycles. The van der Waals surface area contributed by atoms with Gasteiger partial charge in [-0.1, -0.05) is 48.0 Å². The van der Waals surface area contributed by atoms with Gasteiger partial charge in [0, 0.05) is 10.7 Å². The molecule has 3 aromatic carbocycles. The lowest BCUT2D eigenvalue weighted by atomic mass is 10.2. The Morgan fingerprint density at radius 1 is 1.12 bits per heavy atom. The monoisotopic (exact) mass is 477 g/mol. The fourth-order valence-corrected chi connectivity index (χ4v) is 3.98. The van der Waals surface area contributed by atoms with E-state index in [0.29, 0.717) is 26.5 Å². The number of amides is 2. The van der Waals surface area contributed by atoms with Gasteiger partial charge in [-0.25, -0.2) is 4.99 Å². The number of rotatable bonds is 6. The van der Waals surface area contributed by atoms with Crippen LogP contribution in [-0.4, -0.2) is 23.6 Å². The van der Waals surface area contributed by atoms with Gasteiger partial charge in [-0.15, -0.1) is 0 Å². The van der Waals surface area contributed by atoms with Gasteiger partial charge in [0.05, 0.1) is 10.6 Å². The highest BCUT2D eigenvalue weighted by molar-refractivity contribution is 8.18. The highest BCUT2D eigenvalue weighted by Gasteiger charge is 2.23. The number of aliphatic imine (C=N–C) groups is 1. The van der Waals surface area contributed by atoms with Crippen molar-refractivity contribution in [2.45, 2.75) is 6.92 Å². The third-order valence-electron chi connectivity index (χ3n) is 4.62. The fraction of sp³-hybridized carbons (Fsp3) is 0.0800. The number of carbonyl (C=O) groups is 2. The zero-order chi connectivity index (χ0) is 23.2. The molecule has 1 fully saturated rings. The van der Waals surface area contributed by atoms with Crippen molar-refractivity contribution in [2.75, 3.05) is 11.9 Å². The maximum Gasteiger partial charge on any atom is 0.264 e. The Morgan fingerprint density at radius 2 is 1.94 bits per heavy atom. The van der Waals surface area contributed by atoms with E-state index in [1.54, 1.807) is 36.4 Å². The topological polar surface area (TPSA) is 79.8 Å². The fourth-order valence-electron chi connectivity index (χ4n) is 2.96. The number of halogens is 1. The number of hydrogen-bond acceptors (Lipinski definition) is 5. The molecule has 1 aliphatic heterocycles. The Kier molecular flexibility index (Phi) is 7.12. The van der Waals surface area contributed by atoms with Crippen molar-refractivity contribution in [3.8, 4) is 5.75 Å². The van der Waals surface area contributed by atoms with Crippen molar-refractivity contribution in [3.05, 3.63) is 93.9 Å². The Labute approximate surface area is 200 Å². The minimum absolute atomic E-state index is 0.158. The van der Waals surface area contributed by atoms with Crippen LogP contribution in [0.4, 0.5) is 11.4 Å². The molecular weight excluding hydrogens is 458 g/mol. The van der Waals surface area contributed by atoms with Crippen LogP contribution in [-0.2, 0) is 9.59 Å². The van der Waals surface area contributed by atoms with Gasteiger partial charge in [0.1, 0.15) is 5.75 Å². The maximum absolute atomic E-state index is 12.3. The molecule has 4 rings (SSSR count). The second kappa shape index (κ2) is 10.4. The molecule has 6 nitrogen and oxygen atoms in total. The van der Waals surface area contributed by atoms with Crippen molar-refractivity contribution in [1.29, 1.82) is 0 Å². The van der Waals surface area contributed by atoms with Crippen molar-refractivity contribution in [1.82, 2.24) is 5.32 Å². The number of hydrogen-bond donors (Lipinski definition) is 2.